The van der Waals surface area contributed by atoms with Crippen LogP contribution in [0, 0.1) is 6.92 Å². The minimum Gasteiger partial charge on any atom is -0.438 e. The molecule has 102 valence electrons. The van der Waals surface area contributed by atoms with E-state index in [1.807, 2.05) is 19.1 Å². The Morgan fingerprint density at radius 1 is 1.32 bits per heavy atom. The van der Waals surface area contributed by atoms with Crippen molar-refractivity contribution in [1.29, 1.82) is 0 Å². The highest BCUT2D eigenvalue weighted by Gasteiger charge is 2.33. The fourth-order valence-electron chi connectivity index (χ4n) is 2.42. The van der Waals surface area contributed by atoms with Crippen molar-refractivity contribution in [2.75, 3.05) is 19.8 Å². The van der Waals surface area contributed by atoms with Crippen LogP contribution >= 0.6 is 0 Å². The zero-order valence-electron chi connectivity index (χ0n) is 11.3. The van der Waals surface area contributed by atoms with Gasteiger partial charge in [0, 0.05) is 11.7 Å². The third-order valence-electron chi connectivity index (χ3n) is 3.46. The first-order valence-electron chi connectivity index (χ1n) is 6.83. The minimum atomic E-state index is 0.182. The largest absolute Gasteiger partial charge is 0.438 e. The fourth-order valence-corrected chi connectivity index (χ4v) is 2.42. The molecule has 19 heavy (non-hydrogen) atoms. The summed E-state index contributed by atoms with van der Waals surface area (Å²) in [5.41, 5.74) is 2.40. The second-order valence-corrected chi connectivity index (χ2v) is 5.03. The van der Waals surface area contributed by atoms with E-state index in [1.165, 1.54) is 0 Å². The SMILES string of the molecule is CCCNC1COCC1c1nc2nc(C)ccc2o1. The molecule has 1 aliphatic heterocycles. The summed E-state index contributed by atoms with van der Waals surface area (Å²) in [4.78, 5) is 8.90. The maximum atomic E-state index is 5.82. The Labute approximate surface area is 112 Å². The van der Waals surface area contributed by atoms with Crippen molar-refractivity contribution < 1.29 is 9.15 Å². The number of oxazole rings is 1. The summed E-state index contributed by atoms with van der Waals surface area (Å²) in [5, 5.41) is 3.49. The zero-order chi connectivity index (χ0) is 13.2. The van der Waals surface area contributed by atoms with Crippen LogP contribution in [0.3, 0.4) is 0 Å². The Hall–Kier alpha value is -1.46. The van der Waals surface area contributed by atoms with Crippen LogP contribution in [-0.4, -0.2) is 35.8 Å². The lowest BCUT2D eigenvalue weighted by atomic mass is 10.0. The van der Waals surface area contributed by atoms with Gasteiger partial charge in [0.1, 0.15) is 0 Å². The molecule has 2 atom stereocenters. The smallest absolute Gasteiger partial charge is 0.204 e. The lowest BCUT2D eigenvalue weighted by molar-refractivity contribution is 0.186. The lowest BCUT2D eigenvalue weighted by Gasteiger charge is -2.15. The second kappa shape index (κ2) is 5.27. The van der Waals surface area contributed by atoms with Gasteiger partial charge >= 0.3 is 0 Å². The number of fused-ring (bicyclic) bond motifs is 1. The Morgan fingerprint density at radius 2 is 2.21 bits per heavy atom. The van der Waals surface area contributed by atoms with E-state index in [0.29, 0.717) is 12.3 Å². The summed E-state index contributed by atoms with van der Waals surface area (Å²) in [5.74, 6) is 0.917. The summed E-state index contributed by atoms with van der Waals surface area (Å²) in [6, 6.07) is 4.15. The molecule has 5 nitrogen and oxygen atoms in total. The van der Waals surface area contributed by atoms with Crippen LogP contribution in [0.4, 0.5) is 0 Å². The molecule has 0 aliphatic carbocycles. The van der Waals surface area contributed by atoms with Crippen molar-refractivity contribution in [3.05, 3.63) is 23.7 Å². The number of aromatic nitrogens is 2. The molecular formula is C14H19N3O2. The van der Waals surface area contributed by atoms with Crippen molar-refractivity contribution in [2.24, 2.45) is 0 Å². The standard InChI is InChI=1S/C14H19N3O2/c1-3-6-15-11-8-18-7-10(11)14-17-13-12(19-14)5-4-9(2)16-13/h4-5,10-11,15H,3,6-8H2,1-2H3. The number of hydrogen-bond donors (Lipinski definition) is 1. The van der Waals surface area contributed by atoms with Gasteiger partial charge in [0.15, 0.2) is 11.2 Å². The summed E-state index contributed by atoms with van der Waals surface area (Å²) in [7, 11) is 0. The molecule has 3 heterocycles. The van der Waals surface area contributed by atoms with Gasteiger partial charge in [-0.1, -0.05) is 6.92 Å². The molecule has 1 N–H and O–H groups in total. The zero-order valence-corrected chi connectivity index (χ0v) is 11.3. The summed E-state index contributed by atoms with van der Waals surface area (Å²) >= 11 is 0. The molecule has 0 amide bonds. The van der Waals surface area contributed by atoms with E-state index < -0.39 is 0 Å². The molecule has 1 saturated heterocycles. The number of nitrogens with one attached hydrogen (secondary N) is 1. The highest BCUT2D eigenvalue weighted by Crippen LogP contribution is 2.27. The van der Waals surface area contributed by atoms with Crippen LogP contribution in [0.25, 0.3) is 11.2 Å². The van der Waals surface area contributed by atoms with Crippen molar-refractivity contribution in [2.45, 2.75) is 32.2 Å². The first-order valence-corrected chi connectivity index (χ1v) is 6.83. The van der Waals surface area contributed by atoms with Gasteiger partial charge in [-0.05, 0) is 32.0 Å². The van der Waals surface area contributed by atoms with Gasteiger partial charge in [-0.15, -0.1) is 0 Å². The van der Waals surface area contributed by atoms with Crippen molar-refractivity contribution in [1.82, 2.24) is 15.3 Å². The van der Waals surface area contributed by atoms with E-state index in [2.05, 4.69) is 22.2 Å². The molecule has 1 fully saturated rings. The van der Waals surface area contributed by atoms with Gasteiger partial charge in [0.2, 0.25) is 5.89 Å². The maximum absolute atomic E-state index is 5.82. The van der Waals surface area contributed by atoms with E-state index >= 15 is 0 Å². The molecule has 2 aromatic rings. The molecule has 0 spiro atoms. The van der Waals surface area contributed by atoms with Crippen LogP contribution in [0.15, 0.2) is 16.5 Å². The third kappa shape index (κ3) is 2.48. The van der Waals surface area contributed by atoms with Gasteiger partial charge in [-0.3, -0.25) is 0 Å². The normalized spacial score (nSPS) is 23.3. The first-order chi connectivity index (χ1) is 9.28. The number of aryl methyl sites for hydroxylation is 1. The van der Waals surface area contributed by atoms with Crippen molar-refractivity contribution in [3.8, 4) is 0 Å². The number of pyridine rings is 1. The van der Waals surface area contributed by atoms with Gasteiger partial charge in [0.05, 0.1) is 19.1 Å². The minimum absolute atomic E-state index is 0.182. The molecule has 1 aliphatic rings. The molecule has 0 bridgehead atoms. The second-order valence-electron chi connectivity index (χ2n) is 5.03. The molecule has 5 heteroatoms. The monoisotopic (exact) mass is 261 g/mol. The predicted molar refractivity (Wildman–Crippen MR) is 72.2 cm³/mol. The molecule has 0 aromatic carbocycles. The molecule has 2 unspecified atom stereocenters. The van der Waals surface area contributed by atoms with Crippen LogP contribution in [0.2, 0.25) is 0 Å². The Bertz CT molecular complexity index is 567. The van der Waals surface area contributed by atoms with Gasteiger partial charge in [-0.2, -0.15) is 4.98 Å². The van der Waals surface area contributed by atoms with Gasteiger partial charge in [-0.25, -0.2) is 4.98 Å². The average molecular weight is 261 g/mol. The van der Waals surface area contributed by atoms with Crippen LogP contribution in [0.1, 0.15) is 30.8 Å². The van der Waals surface area contributed by atoms with Crippen LogP contribution in [0.5, 0.6) is 0 Å². The van der Waals surface area contributed by atoms with E-state index in [0.717, 1.165) is 36.7 Å². The third-order valence-corrected chi connectivity index (χ3v) is 3.46. The summed E-state index contributed by atoms with van der Waals surface area (Å²) in [6.45, 7) is 6.48. The topological polar surface area (TPSA) is 60.2 Å². The maximum Gasteiger partial charge on any atom is 0.204 e. The Morgan fingerprint density at radius 3 is 3.05 bits per heavy atom. The average Bonchev–Trinajstić information content (AvgIpc) is 3.01. The van der Waals surface area contributed by atoms with E-state index in [1.54, 1.807) is 0 Å². The highest BCUT2D eigenvalue weighted by atomic mass is 16.5. The molecule has 2 aromatic heterocycles. The fraction of sp³-hybridized carbons (Fsp3) is 0.571. The van der Waals surface area contributed by atoms with Gasteiger partial charge < -0.3 is 14.5 Å². The summed E-state index contributed by atoms with van der Waals surface area (Å²) < 4.78 is 11.4. The van der Waals surface area contributed by atoms with E-state index in [4.69, 9.17) is 9.15 Å². The quantitative estimate of drug-likeness (QED) is 0.912. The number of nitrogens with zero attached hydrogens (tertiary/aromatic N) is 2. The number of ether oxygens (including phenoxy) is 1. The molecule has 3 rings (SSSR count). The van der Waals surface area contributed by atoms with E-state index in [-0.39, 0.29) is 12.0 Å². The van der Waals surface area contributed by atoms with Gasteiger partial charge in [0.25, 0.3) is 0 Å². The van der Waals surface area contributed by atoms with Crippen molar-refractivity contribution in [3.63, 3.8) is 0 Å². The molecule has 0 saturated carbocycles. The summed E-state index contributed by atoms with van der Waals surface area (Å²) in [6.07, 6.45) is 1.11. The molecule has 0 radical (unpaired) electrons. The number of rotatable bonds is 4. The van der Waals surface area contributed by atoms with E-state index in [9.17, 15) is 0 Å². The Balaban J connectivity index is 1.86. The van der Waals surface area contributed by atoms with Crippen LogP contribution in [-0.2, 0) is 4.74 Å². The molecular weight excluding hydrogens is 242 g/mol. The Kier molecular flexibility index (Phi) is 3.48. The van der Waals surface area contributed by atoms with Crippen molar-refractivity contribution >= 4 is 11.2 Å². The highest BCUT2D eigenvalue weighted by molar-refractivity contribution is 5.67. The first kappa shape index (κ1) is 12.6. The predicted octanol–water partition coefficient (Wildman–Crippen LogP) is 2.01. The van der Waals surface area contributed by atoms with Crippen LogP contribution < -0.4 is 5.32 Å². The lowest BCUT2D eigenvalue weighted by Crippen LogP contribution is -2.34. The number of hydrogen-bond acceptors (Lipinski definition) is 5.